The van der Waals surface area contributed by atoms with Crippen molar-refractivity contribution in [1.29, 1.82) is 0 Å². The first-order chi connectivity index (χ1) is 5.07. The first kappa shape index (κ1) is 9.42. The molecule has 0 aromatic heterocycles. The van der Waals surface area contributed by atoms with Crippen molar-refractivity contribution in [2.75, 3.05) is 0 Å². The van der Waals surface area contributed by atoms with Crippen LogP contribution in [0.2, 0.25) is 0 Å². The molecule has 11 heavy (non-hydrogen) atoms. The van der Waals surface area contributed by atoms with Crippen LogP contribution >= 0.6 is 0 Å². The summed E-state index contributed by atoms with van der Waals surface area (Å²) < 4.78 is 0. The van der Waals surface area contributed by atoms with Crippen molar-refractivity contribution in [2.45, 2.75) is 6.42 Å². The van der Waals surface area contributed by atoms with Crippen molar-refractivity contribution in [3.63, 3.8) is 0 Å². The van der Waals surface area contributed by atoms with Crippen LogP contribution in [-0.4, -0.2) is 11.8 Å². The average Bonchev–Trinajstić information content (AvgIpc) is 1.86. The van der Waals surface area contributed by atoms with Crippen molar-refractivity contribution < 1.29 is 9.59 Å². The highest BCUT2D eigenvalue weighted by Gasteiger charge is 2.02. The van der Waals surface area contributed by atoms with E-state index < -0.39 is 11.8 Å². The highest BCUT2D eigenvalue weighted by atomic mass is 16.1. The number of nitrogens with two attached hydrogens (primary N) is 2. The summed E-state index contributed by atoms with van der Waals surface area (Å²) in [5, 5.41) is 0. The van der Waals surface area contributed by atoms with E-state index in [1.807, 2.05) is 0 Å². The number of allylic oxidation sites excluding steroid dienone is 1. The largest absolute Gasteiger partial charge is 0.366 e. The number of hydrogen-bond donors (Lipinski definition) is 2. The summed E-state index contributed by atoms with van der Waals surface area (Å²) in [5.41, 5.74) is 9.89. The van der Waals surface area contributed by atoms with Crippen LogP contribution < -0.4 is 11.5 Å². The van der Waals surface area contributed by atoms with Gasteiger partial charge in [-0.05, 0) is 6.42 Å². The molecule has 4 N–H and O–H groups in total. The molecule has 0 heterocycles. The summed E-state index contributed by atoms with van der Waals surface area (Å²) in [6.45, 7) is 3.39. The summed E-state index contributed by atoms with van der Waals surface area (Å²) in [4.78, 5) is 20.8. The van der Waals surface area contributed by atoms with E-state index in [0.717, 1.165) is 6.08 Å². The molecule has 0 rings (SSSR count). The average molecular weight is 154 g/mol. The molecule has 0 fully saturated rings. The predicted octanol–water partition coefficient (Wildman–Crippen LogP) is -0.540. The quantitative estimate of drug-likeness (QED) is 0.421. The second kappa shape index (κ2) is 4.27. The Hall–Kier alpha value is -1.58. The Morgan fingerprint density at radius 1 is 1.36 bits per heavy atom. The Morgan fingerprint density at radius 2 is 1.91 bits per heavy atom. The molecule has 60 valence electrons. The van der Waals surface area contributed by atoms with Crippen LogP contribution in [0.15, 0.2) is 24.3 Å². The van der Waals surface area contributed by atoms with Gasteiger partial charge in [-0.15, -0.1) is 6.58 Å². The van der Waals surface area contributed by atoms with Crippen LogP contribution in [0.5, 0.6) is 0 Å². The Labute approximate surface area is 64.6 Å². The fourth-order valence-electron chi connectivity index (χ4n) is 0.558. The lowest BCUT2D eigenvalue weighted by Crippen LogP contribution is -2.17. The maximum absolute atomic E-state index is 10.5. The van der Waals surface area contributed by atoms with Gasteiger partial charge in [0, 0.05) is 11.6 Å². The van der Waals surface area contributed by atoms with E-state index in [9.17, 15) is 9.59 Å². The van der Waals surface area contributed by atoms with Gasteiger partial charge in [0.05, 0.1) is 0 Å². The first-order valence-electron chi connectivity index (χ1n) is 2.98. The Balaban J connectivity index is 4.44. The van der Waals surface area contributed by atoms with Gasteiger partial charge in [0.2, 0.25) is 11.8 Å². The lowest BCUT2D eigenvalue weighted by Gasteiger charge is -1.95. The fourth-order valence-corrected chi connectivity index (χ4v) is 0.558. The zero-order valence-corrected chi connectivity index (χ0v) is 6.04. The molecule has 0 atom stereocenters. The molecule has 4 nitrogen and oxygen atoms in total. The summed E-state index contributed by atoms with van der Waals surface area (Å²) >= 11 is 0. The number of hydrogen-bond acceptors (Lipinski definition) is 2. The zero-order valence-electron chi connectivity index (χ0n) is 6.04. The molecule has 0 saturated carbocycles. The Kier molecular flexibility index (Phi) is 3.66. The molecule has 0 aliphatic carbocycles. The van der Waals surface area contributed by atoms with Gasteiger partial charge >= 0.3 is 0 Å². The minimum atomic E-state index is -0.680. The van der Waals surface area contributed by atoms with Crippen molar-refractivity contribution >= 4 is 11.8 Å². The lowest BCUT2D eigenvalue weighted by atomic mass is 10.1. The van der Waals surface area contributed by atoms with Gasteiger partial charge < -0.3 is 11.5 Å². The summed E-state index contributed by atoms with van der Waals surface area (Å²) in [7, 11) is 0. The van der Waals surface area contributed by atoms with Crippen LogP contribution in [0.4, 0.5) is 0 Å². The van der Waals surface area contributed by atoms with Gasteiger partial charge in [0.15, 0.2) is 0 Å². The molecule has 4 heteroatoms. The summed E-state index contributed by atoms with van der Waals surface area (Å²) in [6.07, 6.45) is 2.74. The smallest absolute Gasteiger partial charge is 0.245 e. The van der Waals surface area contributed by atoms with Crippen LogP contribution in [0.3, 0.4) is 0 Å². The minimum Gasteiger partial charge on any atom is -0.366 e. The normalized spacial score (nSPS) is 10.7. The fraction of sp³-hybridized carbons (Fsp3) is 0.143. The number of primary amides is 2. The van der Waals surface area contributed by atoms with Crippen LogP contribution in [0, 0.1) is 0 Å². The van der Waals surface area contributed by atoms with E-state index in [1.165, 1.54) is 6.08 Å². The number of rotatable bonds is 4. The van der Waals surface area contributed by atoms with Gasteiger partial charge in [0.25, 0.3) is 0 Å². The second-order valence-electron chi connectivity index (χ2n) is 1.93. The molecule has 0 aromatic carbocycles. The third-order valence-electron chi connectivity index (χ3n) is 0.997. The molecular weight excluding hydrogens is 144 g/mol. The number of carbonyl (C=O) groups excluding carboxylic acids is 2. The monoisotopic (exact) mass is 154 g/mol. The van der Waals surface area contributed by atoms with Crippen molar-refractivity contribution in [2.24, 2.45) is 11.5 Å². The third-order valence-corrected chi connectivity index (χ3v) is 0.997. The van der Waals surface area contributed by atoms with Gasteiger partial charge in [-0.25, -0.2) is 0 Å². The summed E-state index contributed by atoms with van der Waals surface area (Å²) in [6, 6.07) is 0. The van der Waals surface area contributed by atoms with E-state index in [1.54, 1.807) is 0 Å². The van der Waals surface area contributed by atoms with Gasteiger partial charge in [-0.2, -0.15) is 0 Å². The maximum Gasteiger partial charge on any atom is 0.245 e. The van der Waals surface area contributed by atoms with Crippen LogP contribution in [-0.2, 0) is 9.59 Å². The first-order valence-corrected chi connectivity index (χ1v) is 2.98. The van der Waals surface area contributed by atoms with E-state index >= 15 is 0 Å². The molecule has 0 bridgehead atoms. The molecule has 0 spiro atoms. The number of amides is 2. The van der Waals surface area contributed by atoms with Crippen LogP contribution in [0.1, 0.15) is 6.42 Å². The number of carbonyl (C=O) groups is 2. The SMILES string of the molecule is C=CCC(=CC(N)=O)C(N)=O. The molecule has 0 aliphatic rings. The standard InChI is InChI=1S/C7H10N2O2/c1-2-3-5(7(9)11)4-6(8)10/h2,4H,1,3H2,(H2,8,10)(H2,9,11). The molecule has 0 aliphatic heterocycles. The highest BCUT2D eigenvalue weighted by Crippen LogP contribution is 1.99. The molecule has 2 amide bonds. The van der Waals surface area contributed by atoms with Crippen molar-refractivity contribution in [1.82, 2.24) is 0 Å². The minimum absolute atomic E-state index is 0.174. The highest BCUT2D eigenvalue weighted by molar-refractivity contribution is 5.99. The maximum atomic E-state index is 10.5. The Bertz CT molecular complexity index is 218. The van der Waals surface area contributed by atoms with E-state index in [-0.39, 0.29) is 12.0 Å². The third kappa shape index (κ3) is 3.91. The molecule has 0 radical (unpaired) electrons. The van der Waals surface area contributed by atoms with Crippen LogP contribution in [0.25, 0.3) is 0 Å². The van der Waals surface area contributed by atoms with E-state index in [2.05, 4.69) is 6.58 Å². The molecule has 0 unspecified atom stereocenters. The van der Waals surface area contributed by atoms with Gasteiger partial charge in [0.1, 0.15) is 0 Å². The topological polar surface area (TPSA) is 86.2 Å². The Morgan fingerprint density at radius 3 is 2.18 bits per heavy atom. The summed E-state index contributed by atoms with van der Waals surface area (Å²) in [5.74, 6) is -1.33. The molecule has 0 aromatic rings. The van der Waals surface area contributed by atoms with Gasteiger partial charge in [-0.1, -0.05) is 6.08 Å². The van der Waals surface area contributed by atoms with E-state index in [4.69, 9.17) is 11.5 Å². The van der Waals surface area contributed by atoms with Crippen molar-refractivity contribution in [3.8, 4) is 0 Å². The van der Waals surface area contributed by atoms with Crippen molar-refractivity contribution in [3.05, 3.63) is 24.3 Å². The lowest BCUT2D eigenvalue weighted by molar-refractivity contribution is -0.116. The second-order valence-corrected chi connectivity index (χ2v) is 1.93. The van der Waals surface area contributed by atoms with E-state index in [0.29, 0.717) is 0 Å². The zero-order chi connectivity index (χ0) is 8.85. The predicted molar refractivity (Wildman–Crippen MR) is 41.3 cm³/mol. The van der Waals surface area contributed by atoms with Gasteiger partial charge in [-0.3, -0.25) is 9.59 Å². The molecular formula is C7H10N2O2. The molecule has 0 saturated heterocycles.